The summed E-state index contributed by atoms with van der Waals surface area (Å²) in [5.74, 6) is 0.126. The Morgan fingerprint density at radius 2 is 1.92 bits per heavy atom. The van der Waals surface area contributed by atoms with Gasteiger partial charge in [-0.1, -0.05) is 18.2 Å². The van der Waals surface area contributed by atoms with E-state index in [0.29, 0.717) is 42.4 Å². The summed E-state index contributed by atoms with van der Waals surface area (Å²) < 4.78 is 32.7. The van der Waals surface area contributed by atoms with Gasteiger partial charge in [0, 0.05) is 54.3 Å². The number of carbonyl (C=O) groups is 1. The second-order valence-electron chi connectivity index (χ2n) is 8.79. The average molecular weight is 492 g/mol. The Kier molecular flexibility index (Phi) is 5.48. The van der Waals surface area contributed by atoms with E-state index in [4.69, 9.17) is 4.74 Å². The molecule has 1 amide bonds. The Morgan fingerprint density at radius 1 is 1.11 bits per heavy atom. The number of hydrogen-bond acceptors (Lipinski definition) is 7. The number of pyridine rings is 1. The average Bonchev–Trinajstić information content (AvgIpc) is 3.41. The molecule has 0 spiro atoms. The Bertz CT molecular complexity index is 1440. The Labute approximate surface area is 204 Å². The minimum absolute atomic E-state index is 0.0643. The summed E-state index contributed by atoms with van der Waals surface area (Å²) in [5, 5.41) is 13.5. The van der Waals surface area contributed by atoms with Gasteiger partial charge < -0.3 is 24.5 Å². The number of hydrogen-bond donors (Lipinski definition) is 2. The summed E-state index contributed by atoms with van der Waals surface area (Å²) in [4.78, 5) is 27.0. The van der Waals surface area contributed by atoms with Gasteiger partial charge in [-0.15, -0.1) is 0 Å². The van der Waals surface area contributed by atoms with Crippen LogP contribution in [0.5, 0.6) is 5.75 Å². The summed E-state index contributed by atoms with van der Waals surface area (Å²) in [5.41, 5.74) is 4.06. The van der Waals surface area contributed by atoms with E-state index in [2.05, 4.69) is 20.3 Å². The van der Waals surface area contributed by atoms with Gasteiger partial charge in [-0.3, -0.25) is 4.79 Å². The number of nitrogens with zero attached hydrogens (tertiary/aromatic N) is 5. The smallest absolute Gasteiger partial charge is 0.387 e. The lowest BCUT2D eigenvalue weighted by molar-refractivity contribution is -0.120. The van der Waals surface area contributed by atoms with Gasteiger partial charge in [-0.2, -0.15) is 8.78 Å². The van der Waals surface area contributed by atoms with E-state index in [0.717, 1.165) is 16.8 Å². The molecule has 0 unspecified atom stereocenters. The highest BCUT2D eigenvalue weighted by atomic mass is 19.3. The number of amides is 1. The number of halogens is 2. The molecular weight excluding hydrogens is 470 g/mol. The molecule has 0 saturated carbocycles. The minimum atomic E-state index is -2.95. The molecule has 1 aromatic carbocycles. The number of imidazole rings is 1. The van der Waals surface area contributed by atoms with Crippen LogP contribution in [0.1, 0.15) is 35.4 Å². The van der Waals surface area contributed by atoms with Crippen LogP contribution in [0, 0.1) is 0 Å². The Balaban J connectivity index is 1.37. The SMILES string of the molecule is O=C1CN(c2ncc(-c3ccc4nc5c(n4c3)[C@@H](c3ccccc3OC(F)F)C[C@H]5O)cn2)CCN1. The summed E-state index contributed by atoms with van der Waals surface area (Å²) in [6.07, 6.45) is 4.78. The lowest BCUT2D eigenvalue weighted by Gasteiger charge is -2.26. The molecule has 184 valence electrons. The summed E-state index contributed by atoms with van der Waals surface area (Å²) in [6.45, 7) is -1.55. The van der Waals surface area contributed by atoms with Crippen LogP contribution in [-0.4, -0.2) is 56.6 Å². The molecule has 4 heterocycles. The number of aliphatic hydroxyl groups excluding tert-OH is 1. The van der Waals surface area contributed by atoms with Crippen molar-refractivity contribution in [3.63, 3.8) is 0 Å². The molecule has 2 atom stereocenters. The van der Waals surface area contributed by atoms with Crippen molar-refractivity contribution in [2.75, 3.05) is 24.5 Å². The first-order chi connectivity index (χ1) is 17.5. The number of alkyl halides is 2. The van der Waals surface area contributed by atoms with Gasteiger partial charge in [-0.05, 0) is 24.6 Å². The Morgan fingerprint density at radius 3 is 2.69 bits per heavy atom. The molecule has 0 radical (unpaired) electrons. The summed E-state index contributed by atoms with van der Waals surface area (Å²) in [6, 6.07) is 10.4. The molecule has 1 saturated heterocycles. The lowest BCUT2D eigenvalue weighted by Crippen LogP contribution is -2.48. The second-order valence-corrected chi connectivity index (χ2v) is 8.79. The van der Waals surface area contributed by atoms with Crippen molar-refractivity contribution < 1.29 is 23.4 Å². The zero-order valence-electron chi connectivity index (χ0n) is 19.0. The first kappa shape index (κ1) is 22.4. The van der Waals surface area contributed by atoms with Gasteiger partial charge >= 0.3 is 6.61 Å². The largest absolute Gasteiger partial charge is 0.435 e. The van der Waals surface area contributed by atoms with Gasteiger partial charge in [0.1, 0.15) is 11.4 Å². The number of anilines is 1. The normalized spacial score (nSPS) is 19.6. The fraction of sp³-hybridized carbons (Fsp3) is 0.280. The number of nitrogens with one attached hydrogen (secondary N) is 1. The van der Waals surface area contributed by atoms with E-state index in [1.165, 1.54) is 6.07 Å². The van der Waals surface area contributed by atoms with Crippen LogP contribution in [0.25, 0.3) is 16.8 Å². The van der Waals surface area contributed by atoms with Crippen molar-refractivity contribution in [3.8, 4) is 16.9 Å². The standard InChI is InChI=1S/C25H22F2N6O3/c26-24(27)36-19-4-2-1-3-16(19)17-9-18(34)22-23(17)33-12-14(5-6-20(33)31-22)15-10-29-25(30-11-15)32-8-7-28-21(35)13-32/h1-6,10-12,17-18,24,34H,7-9,13H2,(H,28,35)/t17-,18-/m1/s1. The Hall–Kier alpha value is -4.12. The van der Waals surface area contributed by atoms with E-state index >= 15 is 0 Å². The van der Waals surface area contributed by atoms with E-state index in [1.807, 2.05) is 27.6 Å². The van der Waals surface area contributed by atoms with Crippen molar-refractivity contribution >= 4 is 17.5 Å². The highest BCUT2D eigenvalue weighted by Gasteiger charge is 2.37. The molecule has 2 aliphatic rings. The third-order valence-electron chi connectivity index (χ3n) is 6.59. The summed E-state index contributed by atoms with van der Waals surface area (Å²) in [7, 11) is 0. The number of aliphatic hydroxyl groups is 1. The van der Waals surface area contributed by atoms with Crippen molar-refractivity contribution in [3.05, 3.63) is 71.9 Å². The third kappa shape index (κ3) is 3.91. The van der Waals surface area contributed by atoms with Crippen LogP contribution in [0.4, 0.5) is 14.7 Å². The number of piperazine rings is 1. The number of aromatic nitrogens is 4. The first-order valence-electron chi connectivity index (χ1n) is 11.6. The molecule has 36 heavy (non-hydrogen) atoms. The molecule has 4 aromatic rings. The van der Waals surface area contributed by atoms with Crippen LogP contribution < -0.4 is 15.0 Å². The van der Waals surface area contributed by atoms with Crippen molar-refractivity contribution in [2.24, 2.45) is 0 Å². The maximum atomic E-state index is 13.0. The van der Waals surface area contributed by atoms with Gasteiger partial charge in [0.2, 0.25) is 11.9 Å². The molecule has 1 aliphatic carbocycles. The van der Waals surface area contributed by atoms with Crippen molar-refractivity contribution in [2.45, 2.75) is 25.1 Å². The van der Waals surface area contributed by atoms with Gasteiger partial charge in [0.25, 0.3) is 0 Å². The molecule has 2 N–H and O–H groups in total. The van der Waals surface area contributed by atoms with Crippen LogP contribution in [-0.2, 0) is 4.79 Å². The highest BCUT2D eigenvalue weighted by molar-refractivity contribution is 5.82. The maximum Gasteiger partial charge on any atom is 0.387 e. The maximum absolute atomic E-state index is 13.0. The monoisotopic (exact) mass is 492 g/mol. The second kappa shape index (κ2) is 8.83. The fourth-order valence-corrected chi connectivity index (χ4v) is 4.98. The number of carbonyl (C=O) groups excluding carboxylic acids is 1. The summed E-state index contributed by atoms with van der Waals surface area (Å²) >= 11 is 0. The number of fused-ring (bicyclic) bond motifs is 3. The molecule has 3 aromatic heterocycles. The molecule has 11 heteroatoms. The number of rotatable bonds is 5. The van der Waals surface area contributed by atoms with Crippen LogP contribution in [0.3, 0.4) is 0 Å². The molecule has 1 aliphatic heterocycles. The molecule has 1 fully saturated rings. The van der Waals surface area contributed by atoms with E-state index < -0.39 is 12.7 Å². The lowest BCUT2D eigenvalue weighted by atomic mass is 9.95. The third-order valence-corrected chi connectivity index (χ3v) is 6.59. The zero-order valence-corrected chi connectivity index (χ0v) is 19.0. The van der Waals surface area contributed by atoms with Crippen molar-refractivity contribution in [1.82, 2.24) is 24.7 Å². The quantitative estimate of drug-likeness (QED) is 0.441. The van der Waals surface area contributed by atoms with Crippen LogP contribution in [0.15, 0.2) is 55.0 Å². The molecule has 9 nitrogen and oxygen atoms in total. The van der Waals surface area contributed by atoms with Gasteiger partial charge in [-0.25, -0.2) is 15.0 Å². The zero-order chi connectivity index (χ0) is 24.8. The van der Waals surface area contributed by atoms with E-state index in [1.54, 1.807) is 30.6 Å². The first-order valence-corrected chi connectivity index (χ1v) is 11.6. The fourth-order valence-electron chi connectivity index (χ4n) is 4.98. The molecule has 6 rings (SSSR count). The number of para-hydroxylation sites is 1. The topological polar surface area (TPSA) is 105 Å². The predicted molar refractivity (Wildman–Crippen MR) is 126 cm³/mol. The number of ether oxygens (including phenoxy) is 1. The van der Waals surface area contributed by atoms with Gasteiger partial charge in [0.05, 0.1) is 24.0 Å². The highest BCUT2D eigenvalue weighted by Crippen LogP contribution is 2.47. The molecular formula is C25H22F2N6O3. The number of benzene rings is 1. The van der Waals surface area contributed by atoms with Gasteiger partial charge in [0.15, 0.2) is 0 Å². The van der Waals surface area contributed by atoms with Crippen LogP contribution in [0.2, 0.25) is 0 Å². The predicted octanol–water partition coefficient (Wildman–Crippen LogP) is 2.90. The van der Waals surface area contributed by atoms with E-state index in [-0.39, 0.29) is 24.1 Å². The van der Waals surface area contributed by atoms with Crippen LogP contribution >= 0.6 is 0 Å². The van der Waals surface area contributed by atoms with E-state index in [9.17, 15) is 18.7 Å². The minimum Gasteiger partial charge on any atom is -0.435 e. The molecule has 0 bridgehead atoms. The van der Waals surface area contributed by atoms with Crippen molar-refractivity contribution in [1.29, 1.82) is 0 Å².